The summed E-state index contributed by atoms with van der Waals surface area (Å²) in [6.45, 7) is 21.1. The van der Waals surface area contributed by atoms with Crippen molar-refractivity contribution >= 4 is 85.7 Å². The van der Waals surface area contributed by atoms with Crippen molar-refractivity contribution in [3.05, 3.63) is 289 Å². The van der Waals surface area contributed by atoms with Crippen molar-refractivity contribution in [1.29, 1.82) is 0 Å². The third kappa shape index (κ3) is 18.0. The van der Waals surface area contributed by atoms with Gasteiger partial charge in [0.15, 0.2) is 5.15 Å². The first-order valence-corrected chi connectivity index (χ1v) is 35.7. The van der Waals surface area contributed by atoms with Crippen LogP contribution >= 0.6 is 23.2 Å². The van der Waals surface area contributed by atoms with E-state index in [0.29, 0.717) is 95.2 Å². The monoisotopic (exact) mass is 1540 g/mol. The number of nitrogens with one attached hydrogen (secondary N) is 1. The van der Waals surface area contributed by atoms with Gasteiger partial charge in [0.25, 0.3) is 16.7 Å². The highest BCUT2D eigenvalue weighted by Crippen LogP contribution is 2.37. The molecule has 0 spiro atoms. The van der Waals surface area contributed by atoms with E-state index in [1.54, 1.807) is 51.7 Å². The number of rotatable bonds is 15. The maximum absolute atomic E-state index is 14.2. The summed E-state index contributed by atoms with van der Waals surface area (Å²) in [7, 11) is 5.62. The Hall–Kier alpha value is -12.9. The van der Waals surface area contributed by atoms with Gasteiger partial charge >= 0.3 is 7.12 Å². The van der Waals surface area contributed by atoms with Crippen molar-refractivity contribution in [3.63, 3.8) is 0 Å². The lowest BCUT2D eigenvalue weighted by atomic mass is 9.85. The number of hydrogen-bond donors (Lipinski definition) is 4. The lowest BCUT2D eigenvalue weighted by Crippen LogP contribution is -2.41. The van der Waals surface area contributed by atoms with Gasteiger partial charge in [0, 0.05) is 69.7 Å². The van der Waals surface area contributed by atoms with Crippen molar-refractivity contribution in [2.24, 2.45) is 11.5 Å². The minimum Gasteiger partial charge on any atom is -0.480 e. The number of nitrogens with zero attached hydrogens (tertiary/aromatic N) is 14. The van der Waals surface area contributed by atoms with Gasteiger partial charge in [-0.25, -0.2) is 29.8 Å². The molecule has 8 aromatic heterocycles. The van der Waals surface area contributed by atoms with Crippen LogP contribution in [0.25, 0.3) is 76.7 Å². The molecule has 0 unspecified atom stereocenters. The number of ether oxygens (including phenoxy) is 4. The van der Waals surface area contributed by atoms with E-state index >= 15 is 0 Å². The number of methoxy groups -OCH3 is 4. The topological polar surface area (TPSA) is 345 Å². The van der Waals surface area contributed by atoms with E-state index < -0.39 is 13.2 Å². The van der Waals surface area contributed by atoms with Crippen molar-refractivity contribution in [2.45, 2.75) is 77.8 Å². The van der Waals surface area contributed by atoms with Gasteiger partial charge in [-0.1, -0.05) is 126 Å². The molecule has 30 heteroatoms. The Morgan fingerprint density at radius 1 is 0.482 bits per heavy atom. The molecule has 27 nitrogen and oxygen atoms in total. The molecular formula is C82H79BCl2N18O9. The first-order valence-electron chi connectivity index (χ1n) is 35.0. The van der Waals surface area contributed by atoms with Crippen LogP contribution in [0.4, 0.5) is 17.5 Å². The van der Waals surface area contributed by atoms with E-state index in [9.17, 15) is 14.4 Å². The minimum atomic E-state index is -0.498. The molecular weight excluding hydrogens is 1460 g/mol. The highest BCUT2D eigenvalue weighted by Gasteiger charge is 2.52. The number of anilines is 2. The molecule has 0 radical (unpaired) electrons. The fraction of sp³-hybridized carbons (Fsp3) is 0.195. The van der Waals surface area contributed by atoms with E-state index in [1.807, 2.05) is 206 Å². The Morgan fingerprint density at radius 2 is 0.875 bits per heavy atom. The van der Waals surface area contributed by atoms with Gasteiger partial charge in [-0.15, -0.1) is 0 Å². The van der Waals surface area contributed by atoms with Gasteiger partial charge in [-0.05, 0) is 125 Å². The van der Waals surface area contributed by atoms with Gasteiger partial charge in [0.05, 0.1) is 134 Å². The second-order valence-electron chi connectivity index (χ2n) is 26.2. The molecule has 112 heavy (non-hydrogen) atoms. The van der Waals surface area contributed by atoms with E-state index in [1.165, 1.54) is 52.3 Å². The molecule has 0 bridgehead atoms. The molecule has 9 heterocycles. The molecule has 568 valence electrons. The molecule has 15 rings (SSSR count). The average molecular weight is 1540 g/mol. The molecule has 1 saturated heterocycles. The van der Waals surface area contributed by atoms with Crippen LogP contribution in [0.3, 0.4) is 0 Å². The fourth-order valence-corrected chi connectivity index (χ4v) is 12.4. The zero-order chi connectivity index (χ0) is 80.0. The summed E-state index contributed by atoms with van der Waals surface area (Å²) < 4.78 is 36.9. The summed E-state index contributed by atoms with van der Waals surface area (Å²) in [6, 6.07) is 49.9. The summed E-state index contributed by atoms with van der Waals surface area (Å²) in [4.78, 5) is 85.5. The minimum absolute atomic E-state index is 0.0464. The normalized spacial score (nSPS) is 13.2. The Balaban J connectivity index is 0.000000147. The number of halogens is 2. The van der Waals surface area contributed by atoms with Crippen molar-refractivity contribution in [1.82, 2.24) is 63.5 Å². The molecule has 0 saturated carbocycles. The van der Waals surface area contributed by atoms with E-state index in [2.05, 4.69) is 60.0 Å². The van der Waals surface area contributed by atoms with Crippen molar-refractivity contribution in [3.8, 4) is 63.1 Å². The standard InChI is InChI=1S/C27H22N8O2.C22H20N4O2.C17H15ClN2O.C11H17BN2O3.C5H5ClN2O/c1-16(32-25-21(29-2)14-31-27(28)34-25)22-12-17-8-7-11-19(20-13-30-15-23(33-20)37-3)24(17)26(36)35(22)18-9-5-4-6-10-18;1-14(23)19-11-15-7-6-10-17(18-12-24-13-20(25-18)28-2)21(15)22(27)26(19)16-8-4-3-5-9-16;1-11(19)15-10-12-6-5-9-14(18)16(12)17(21)20(15)13-7-3-2-4-8-13;1-10(2)11(3,4)17-12(16-10)8-6-13-7-9(14-8)15-5;1-9-5-3-7-2-4(6)8-5/h4-16H,1,3H3,(H3,28,31,32,34);3-14H,23H2,1-2H3;2-11H,19H2,1H3;6-7H,1-5H3;2-3H,1H3/t16-;14-;11-;;/m000../s1. The van der Waals surface area contributed by atoms with Crippen molar-refractivity contribution < 1.29 is 28.3 Å². The molecule has 1 aliphatic rings. The molecule has 0 amide bonds. The number of nitrogen functional groups attached to an aromatic ring is 1. The Morgan fingerprint density at radius 3 is 1.30 bits per heavy atom. The number of aromatic nitrogens is 13. The van der Waals surface area contributed by atoms with E-state index in [4.69, 9.17) is 75.2 Å². The maximum Gasteiger partial charge on any atom is 0.516 e. The summed E-state index contributed by atoms with van der Waals surface area (Å²) in [5.41, 5.74) is 24.5. The number of nitrogens with two attached hydrogens (primary N) is 3. The third-order valence-electron chi connectivity index (χ3n) is 18.2. The van der Waals surface area contributed by atoms with Crippen LogP contribution in [-0.2, 0) is 9.31 Å². The zero-order valence-electron chi connectivity index (χ0n) is 63.0. The predicted octanol–water partition coefficient (Wildman–Crippen LogP) is 13.6. The van der Waals surface area contributed by atoms with Crippen LogP contribution in [0.2, 0.25) is 10.2 Å². The molecule has 0 aliphatic carbocycles. The van der Waals surface area contributed by atoms with Crippen LogP contribution in [0.15, 0.2) is 234 Å². The molecule has 6 aromatic carbocycles. The molecule has 1 aliphatic heterocycles. The second-order valence-corrected chi connectivity index (χ2v) is 27.0. The smallest absolute Gasteiger partial charge is 0.480 e. The van der Waals surface area contributed by atoms with Crippen LogP contribution in [0, 0.1) is 6.57 Å². The average Bonchev–Trinajstić information content (AvgIpc) is 1.02. The molecule has 1 fully saturated rings. The predicted molar refractivity (Wildman–Crippen MR) is 437 cm³/mol. The van der Waals surface area contributed by atoms with Crippen LogP contribution in [0.5, 0.6) is 23.5 Å². The van der Waals surface area contributed by atoms with Gasteiger partial charge in [-0.2, -0.15) is 4.98 Å². The SMILES string of the molecule is COc1cncc(-c2cccc3cc([C@H](C)N)n(-c4ccccc4)c(=O)c23)n1.COc1cncc(B2OC(C)(C)C(C)(C)O2)n1.COc1cncc(Cl)n1.C[C@H](N)c1cc2cccc(Cl)c2c(=O)n1-c1ccccc1.[C-]#[N+]c1cnc(N)nc1N[C@@H](C)c1cc2cccc(-c3cncc(OC)n3)c2c(=O)n1-c1ccccc1. The summed E-state index contributed by atoms with van der Waals surface area (Å²) in [5, 5.41) is 7.98. The quantitative estimate of drug-likeness (QED) is 0.0547. The summed E-state index contributed by atoms with van der Waals surface area (Å²) in [5.74, 6) is 1.98. The zero-order valence-corrected chi connectivity index (χ0v) is 64.5. The first kappa shape index (κ1) is 80.1. The number of para-hydroxylation sites is 3. The van der Waals surface area contributed by atoms with Crippen LogP contribution in [0.1, 0.15) is 83.7 Å². The number of pyridine rings is 3. The van der Waals surface area contributed by atoms with Gasteiger partial charge < -0.3 is 50.8 Å². The first-order chi connectivity index (χ1) is 53.9. The van der Waals surface area contributed by atoms with Gasteiger partial charge in [-0.3, -0.25) is 48.0 Å². The molecule has 3 atom stereocenters. The number of benzene rings is 6. The largest absolute Gasteiger partial charge is 0.516 e. The highest BCUT2D eigenvalue weighted by molar-refractivity contribution is 6.61. The molecule has 14 aromatic rings. The van der Waals surface area contributed by atoms with Crippen LogP contribution in [-0.4, -0.2) is 110 Å². The lowest BCUT2D eigenvalue weighted by Gasteiger charge is -2.32. The number of fused-ring (bicyclic) bond motifs is 3. The Bertz CT molecular complexity index is 5900. The van der Waals surface area contributed by atoms with Gasteiger partial charge in [0.1, 0.15) is 5.82 Å². The summed E-state index contributed by atoms with van der Waals surface area (Å²) in [6.07, 6.45) is 13.8. The molecule has 7 N–H and O–H groups in total. The van der Waals surface area contributed by atoms with Crippen molar-refractivity contribution in [2.75, 3.05) is 39.5 Å². The Kier molecular flexibility index (Phi) is 25.5. The van der Waals surface area contributed by atoms with Crippen LogP contribution < -0.4 is 63.7 Å². The number of hydrogen-bond acceptors (Lipinski definition) is 23. The highest BCUT2D eigenvalue weighted by atomic mass is 35.5. The second kappa shape index (κ2) is 35.7. The third-order valence-corrected chi connectivity index (χ3v) is 18.7. The Labute approximate surface area is 655 Å². The maximum atomic E-state index is 14.2. The van der Waals surface area contributed by atoms with Gasteiger partial charge in [0.2, 0.25) is 35.2 Å². The lowest BCUT2D eigenvalue weighted by molar-refractivity contribution is 0.00578. The van der Waals surface area contributed by atoms with E-state index in [-0.39, 0.29) is 51.6 Å². The fourth-order valence-electron chi connectivity index (χ4n) is 12.0. The summed E-state index contributed by atoms with van der Waals surface area (Å²) >= 11 is 11.7. The van der Waals surface area contributed by atoms with E-state index in [0.717, 1.165) is 38.9 Å².